The lowest BCUT2D eigenvalue weighted by Gasteiger charge is -2.38. The van der Waals surface area contributed by atoms with Gasteiger partial charge in [0.25, 0.3) is 5.91 Å². The number of aryl methyl sites for hydroxylation is 1. The summed E-state index contributed by atoms with van der Waals surface area (Å²) in [5.74, 6) is -3.11. The predicted molar refractivity (Wildman–Crippen MR) is 124 cm³/mol. The number of likely N-dealkylation sites (tertiary alicyclic amines) is 1. The normalized spacial score (nSPS) is 33.6. The van der Waals surface area contributed by atoms with E-state index in [9.17, 15) is 19.5 Å². The highest BCUT2D eigenvalue weighted by Gasteiger charge is 2.72. The molecule has 1 N–H and O–H groups in total. The lowest BCUT2D eigenvalue weighted by molar-refractivity contribution is -0.155. The molecule has 0 radical (unpaired) electrons. The standard InChI is InChI=1S/C25H27ClN2O6/c1-14-7-5-8-16(26)20(14)27-11-6-10-25-19(18-17(34-25)9-3-4-12-33-24(18)32)22(30)28(15(2)13-29)21(25)23(27)31/h3,5-10,15,17-19,21,29H,4,11-13H2,1-2H3/t15-,17+,18-,19+,21?,25+/m1/s1. The van der Waals surface area contributed by atoms with Crippen LogP contribution in [0.3, 0.4) is 0 Å². The summed E-state index contributed by atoms with van der Waals surface area (Å²) in [5.41, 5.74) is 0.00452. The molecule has 0 aromatic heterocycles. The number of esters is 1. The number of carbonyl (C=O) groups excluding carboxylic acids is 3. The van der Waals surface area contributed by atoms with Crippen LogP contribution < -0.4 is 4.90 Å². The maximum Gasteiger partial charge on any atom is 0.312 e. The molecule has 1 aromatic carbocycles. The van der Waals surface area contributed by atoms with Gasteiger partial charge in [-0.3, -0.25) is 14.4 Å². The van der Waals surface area contributed by atoms with Crippen molar-refractivity contribution in [1.82, 2.24) is 4.90 Å². The Balaban J connectivity index is 1.67. The van der Waals surface area contributed by atoms with Crippen LogP contribution in [0.1, 0.15) is 18.9 Å². The third kappa shape index (κ3) is 3.23. The Hall–Kier alpha value is -2.68. The molecule has 4 heterocycles. The molecular weight excluding hydrogens is 460 g/mol. The lowest BCUT2D eigenvalue weighted by Crippen LogP contribution is -2.57. The van der Waals surface area contributed by atoms with Crippen molar-refractivity contribution in [3.05, 3.63) is 53.1 Å². The third-order valence-electron chi connectivity index (χ3n) is 7.26. The van der Waals surface area contributed by atoms with Crippen LogP contribution in [0.25, 0.3) is 0 Å². The highest BCUT2D eigenvalue weighted by atomic mass is 35.5. The minimum absolute atomic E-state index is 0.223. The summed E-state index contributed by atoms with van der Waals surface area (Å²) in [5, 5.41) is 10.4. The molecule has 8 nitrogen and oxygen atoms in total. The predicted octanol–water partition coefficient (Wildman–Crippen LogP) is 2.02. The molecule has 2 saturated heterocycles. The number of aliphatic hydroxyl groups is 1. The first kappa shape index (κ1) is 23.1. The van der Waals surface area contributed by atoms with E-state index in [0.29, 0.717) is 17.1 Å². The van der Waals surface area contributed by atoms with Gasteiger partial charge >= 0.3 is 5.97 Å². The molecule has 34 heavy (non-hydrogen) atoms. The summed E-state index contributed by atoms with van der Waals surface area (Å²) in [7, 11) is 0. The number of hydrogen-bond acceptors (Lipinski definition) is 6. The number of para-hydroxylation sites is 1. The Morgan fingerprint density at radius 2 is 2.03 bits per heavy atom. The SMILES string of the molecule is Cc1cccc(Cl)c1N1CC=C[C@]23O[C@H]4C=CCCOC(=O)[C@H]4[C@H]2C(=O)N([C@H](C)CO)C3C1=O. The van der Waals surface area contributed by atoms with Crippen LogP contribution in [0.4, 0.5) is 5.69 Å². The Kier molecular flexibility index (Phi) is 5.78. The Labute approximate surface area is 202 Å². The van der Waals surface area contributed by atoms with Gasteiger partial charge in [0.2, 0.25) is 5.91 Å². The summed E-state index contributed by atoms with van der Waals surface area (Å²) < 4.78 is 11.9. The number of aliphatic hydroxyl groups excluding tert-OH is 1. The maximum absolute atomic E-state index is 14.2. The van der Waals surface area contributed by atoms with Gasteiger partial charge in [-0.15, -0.1) is 0 Å². The summed E-state index contributed by atoms with van der Waals surface area (Å²) in [6.07, 6.45) is 7.07. The van der Waals surface area contributed by atoms with Gasteiger partial charge in [0, 0.05) is 6.54 Å². The van der Waals surface area contributed by atoms with E-state index in [0.717, 1.165) is 5.56 Å². The molecule has 0 bridgehead atoms. The van der Waals surface area contributed by atoms with Crippen LogP contribution in [0, 0.1) is 18.8 Å². The van der Waals surface area contributed by atoms with Gasteiger partial charge in [-0.25, -0.2) is 0 Å². The fourth-order valence-corrected chi connectivity index (χ4v) is 6.10. The summed E-state index contributed by atoms with van der Waals surface area (Å²) in [6, 6.07) is 3.66. The van der Waals surface area contributed by atoms with Crippen molar-refractivity contribution in [2.45, 2.75) is 44.1 Å². The molecule has 4 aliphatic rings. The number of nitrogens with zero attached hydrogens (tertiary/aromatic N) is 2. The Morgan fingerprint density at radius 3 is 2.76 bits per heavy atom. The van der Waals surface area contributed by atoms with Gasteiger partial charge in [0.15, 0.2) is 0 Å². The van der Waals surface area contributed by atoms with E-state index < -0.39 is 47.5 Å². The van der Waals surface area contributed by atoms with Gasteiger partial charge in [-0.05, 0) is 31.9 Å². The van der Waals surface area contributed by atoms with E-state index in [1.165, 1.54) is 4.90 Å². The minimum atomic E-state index is -1.37. The van der Waals surface area contributed by atoms with Crippen molar-refractivity contribution in [2.75, 3.05) is 24.7 Å². The second-order valence-corrected chi connectivity index (χ2v) is 9.67. The van der Waals surface area contributed by atoms with E-state index in [4.69, 9.17) is 21.1 Å². The van der Waals surface area contributed by atoms with Crippen LogP contribution in [0.15, 0.2) is 42.5 Å². The maximum atomic E-state index is 14.2. The van der Waals surface area contributed by atoms with Gasteiger partial charge in [0.1, 0.15) is 17.6 Å². The molecule has 4 aliphatic heterocycles. The zero-order valence-electron chi connectivity index (χ0n) is 19.0. The van der Waals surface area contributed by atoms with Gasteiger partial charge in [0.05, 0.1) is 42.0 Å². The third-order valence-corrected chi connectivity index (χ3v) is 7.56. The van der Waals surface area contributed by atoms with E-state index in [1.807, 2.05) is 25.1 Å². The van der Waals surface area contributed by atoms with Gasteiger partial charge < -0.3 is 24.4 Å². The number of halogens is 1. The topological polar surface area (TPSA) is 96.4 Å². The first-order valence-corrected chi connectivity index (χ1v) is 11.9. The molecule has 5 rings (SSSR count). The van der Waals surface area contributed by atoms with Crippen molar-refractivity contribution < 1.29 is 29.0 Å². The number of ether oxygens (including phenoxy) is 2. The van der Waals surface area contributed by atoms with Gasteiger partial charge in [-0.1, -0.05) is 48.0 Å². The van der Waals surface area contributed by atoms with Crippen molar-refractivity contribution >= 4 is 35.1 Å². The zero-order valence-corrected chi connectivity index (χ0v) is 19.8. The highest BCUT2D eigenvalue weighted by Crippen LogP contribution is 2.54. The van der Waals surface area contributed by atoms with E-state index in [2.05, 4.69) is 0 Å². The first-order chi connectivity index (χ1) is 16.3. The van der Waals surface area contributed by atoms with Crippen molar-refractivity contribution in [3.8, 4) is 0 Å². The molecule has 180 valence electrons. The van der Waals surface area contributed by atoms with E-state index >= 15 is 0 Å². The number of cyclic esters (lactones) is 1. The first-order valence-electron chi connectivity index (χ1n) is 11.5. The number of hydrogen-bond donors (Lipinski definition) is 1. The molecule has 1 aromatic rings. The average Bonchev–Trinajstić information content (AvgIpc) is 3.18. The van der Waals surface area contributed by atoms with Crippen LogP contribution in [-0.2, 0) is 23.9 Å². The molecule has 2 fully saturated rings. The lowest BCUT2D eigenvalue weighted by atomic mass is 9.77. The summed E-state index contributed by atoms with van der Waals surface area (Å²) >= 11 is 6.50. The van der Waals surface area contributed by atoms with Crippen molar-refractivity contribution in [3.63, 3.8) is 0 Å². The minimum Gasteiger partial charge on any atom is -0.465 e. The summed E-state index contributed by atoms with van der Waals surface area (Å²) in [6.45, 7) is 3.65. The second-order valence-electron chi connectivity index (χ2n) is 9.26. The zero-order chi connectivity index (χ0) is 24.2. The molecule has 9 heteroatoms. The molecular formula is C25H27ClN2O6. The number of benzene rings is 1. The second kappa shape index (κ2) is 8.52. The number of anilines is 1. The molecule has 2 amide bonds. The fraction of sp³-hybridized carbons (Fsp3) is 0.480. The summed E-state index contributed by atoms with van der Waals surface area (Å²) in [4.78, 5) is 44.0. The largest absolute Gasteiger partial charge is 0.465 e. The smallest absolute Gasteiger partial charge is 0.312 e. The number of carbonyl (C=O) groups is 3. The van der Waals surface area contributed by atoms with Crippen molar-refractivity contribution in [2.24, 2.45) is 11.8 Å². The quantitative estimate of drug-likeness (QED) is 0.518. The van der Waals surface area contributed by atoms with Gasteiger partial charge in [-0.2, -0.15) is 0 Å². The van der Waals surface area contributed by atoms with Crippen LogP contribution in [0.5, 0.6) is 0 Å². The molecule has 6 atom stereocenters. The highest BCUT2D eigenvalue weighted by molar-refractivity contribution is 6.34. The fourth-order valence-electron chi connectivity index (χ4n) is 5.77. The van der Waals surface area contributed by atoms with E-state index in [1.54, 1.807) is 36.1 Å². The van der Waals surface area contributed by atoms with Crippen LogP contribution >= 0.6 is 11.6 Å². The molecule has 1 unspecified atom stereocenters. The number of amides is 2. The van der Waals surface area contributed by atoms with Crippen molar-refractivity contribution in [1.29, 1.82) is 0 Å². The number of fused-ring (bicyclic) bond motifs is 2. The number of rotatable bonds is 3. The van der Waals surface area contributed by atoms with Crippen LogP contribution in [0.2, 0.25) is 5.02 Å². The Morgan fingerprint density at radius 1 is 1.24 bits per heavy atom. The van der Waals surface area contributed by atoms with Crippen LogP contribution in [-0.4, -0.2) is 71.3 Å². The van der Waals surface area contributed by atoms with E-state index in [-0.39, 0.29) is 25.7 Å². The average molecular weight is 487 g/mol. The Bertz CT molecular complexity index is 1080. The molecule has 0 saturated carbocycles. The molecule has 0 aliphatic carbocycles. The molecule has 1 spiro atoms. The monoisotopic (exact) mass is 486 g/mol.